The van der Waals surface area contributed by atoms with Gasteiger partial charge in [0, 0.05) is 23.9 Å². The van der Waals surface area contributed by atoms with E-state index in [1.54, 1.807) is 52.0 Å². The minimum atomic E-state index is -1.00. The Hall–Kier alpha value is -3.09. The van der Waals surface area contributed by atoms with Crippen molar-refractivity contribution in [3.8, 4) is 5.75 Å². The molecule has 1 aliphatic heterocycles. The number of allylic oxidation sites excluding steroid dienone is 1. The summed E-state index contributed by atoms with van der Waals surface area (Å²) < 4.78 is 22.7. The maximum atomic E-state index is 12.4. The van der Waals surface area contributed by atoms with Gasteiger partial charge in [0.05, 0.1) is 5.56 Å². The van der Waals surface area contributed by atoms with Gasteiger partial charge in [0.2, 0.25) is 0 Å². The van der Waals surface area contributed by atoms with Crippen LogP contribution in [-0.4, -0.2) is 23.6 Å². The number of ether oxygens (including phenoxy) is 3. The quantitative estimate of drug-likeness (QED) is 0.453. The van der Waals surface area contributed by atoms with Crippen LogP contribution in [0.2, 0.25) is 0 Å². The monoisotopic (exact) mass is 386 g/mol. The number of fused-ring (bicyclic) bond motifs is 3. The Balaban J connectivity index is 2.22. The van der Waals surface area contributed by atoms with Crippen molar-refractivity contribution in [2.24, 2.45) is 0 Å². The molecule has 0 spiro atoms. The second-order valence-corrected chi connectivity index (χ2v) is 7.18. The number of hydrogen-bond donors (Lipinski definition) is 0. The molecule has 3 rings (SSSR count). The second kappa shape index (κ2) is 7.14. The Morgan fingerprint density at radius 2 is 1.79 bits per heavy atom. The fraction of sp³-hybridized carbons (Fsp3) is 0.381. The van der Waals surface area contributed by atoms with E-state index in [0.717, 1.165) is 0 Å². The highest BCUT2D eigenvalue weighted by Gasteiger charge is 2.50. The highest BCUT2D eigenvalue weighted by atomic mass is 16.6. The van der Waals surface area contributed by atoms with Crippen molar-refractivity contribution in [2.75, 3.05) is 0 Å². The van der Waals surface area contributed by atoms with Gasteiger partial charge in [-0.3, -0.25) is 4.79 Å². The summed E-state index contributed by atoms with van der Waals surface area (Å²) in [7, 11) is 0. The van der Waals surface area contributed by atoms with Crippen LogP contribution >= 0.6 is 0 Å². The van der Waals surface area contributed by atoms with E-state index in [2.05, 4.69) is 0 Å². The second-order valence-electron chi connectivity index (χ2n) is 7.18. The van der Waals surface area contributed by atoms with Crippen molar-refractivity contribution in [1.82, 2.24) is 0 Å². The van der Waals surface area contributed by atoms with E-state index in [1.165, 1.54) is 13.0 Å². The predicted octanol–water partition coefficient (Wildman–Crippen LogP) is 3.45. The Morgan fingerprint density at radius 3 is 2.43 bits per heavy atom. The van der Waals surface area contributed by atoms with Crippen LogP contribution in [0, 0.1) is 0 Å². The molecule has 2 atom stereocenters. The molecule has 1 aliphatic rings. The molecule has 0 saturated heterocycles. The lowest BCUT2D eigenvalue weighted by atomic mass is 9.87. The summed E-state index contributed by atoms with van der Waals surface area (Å²) in [6.07, 6.45) is -0.330. The van der Waals surface area contributed by atoms with Crippen LogP contribution in [0.15, 0.2) is 45.1 Å². The first-order chi connectivity index (χ1) is 13.1. The lowest BCUT2D eigenvalue weighted by molar-refractivity contribution is -0.186. The molecule has 2 aromatic rings. The van der Waals surface area contributed by atoms with Crippen molar-refractivity contribution in [2.45, 2.75) is 52.4 Å². The molecule has 148 valence electrons. The van der Waals surface area contributed by atoms with Crippen molar-refractivity contribution in [3.05, 3.63) is 51.9 Å². The van der Waals surface area contributed by atoms with Crippen LogP contribution in [0.25, 0.3) is 11.0 Å². The fourth-order valence-corrected chi connectivity index (χ4v) is 3.18. The first-order valence-electron chi connectivity index (χ1n) is 8.91. The number of rotatable bonds is 3. The zero-order valence-corrected chi connectivity index (χ0v) is 16.4. The molecule has 0 unspecified atom stereocenters. The first-order valence-corrected chi connectivity index (χ1v) is 8.91. The number of benzene rings is 1. The summed E-state index contributed by atoms with van der Waals surface area (Å²) in [5.41, 5.74) is -0.547. The summed E-state index contributed by atoms with van der Waals surface area (Å²) in [5, 5.41) is 0.633. The van der Waals surface area contributed by atoms with E-state index in [1.807, 2.05) is 0 Å². The van der Waals surface area contributed by atoms with E-state index < -0.39 is 35.4 Å². The van der Waals surface area contributed by atoms with Crippen LogP contribution in [0.3, 0.4) is 0 Å². The smallest absolute Gasteiger partial charge is 0.336 e. The molecule has 0 bridgehead atoms. The van der Waals surface area contributed by atoms with E-state index in [4.69, 9.17) is 18.6 Å². The minimum Gasteiger partial charge on any atom is -0.483 e. The molecule has 7 heteroatoms. The SMILES string of the molecule is CC=C(C)C(=O)O[C@@H]1[C@@H](OC(C)=O)c2c(ccc3ccc(=O)oc23)OC1(C)C. The maximum absolute atomic E-state index is 12.4. The molecule has 1 aromatic heterocycles. The Labute approximate surface area is 161 Å². The van der Waals surface area contributed by atoms with Crippen LogP contribution < -0.4 is 10.4 Å². The number of carbonyl (C=O) groups excluding carboxylic acids is 2. The molecule has 0 N–H and O–H groups in total. The Morgan fingerprint density at radius 1 is 1.11 bits per heavy atom. The fourth-order valence-electron chi connectivity index (χ4n) is 3.18. The normalized spacial score (nSPS) is 20.8. The molecular weight excluding hydrogens is 364 g/mol. The molecular formula is C21H22O7. The van der Waals surface area contributed by atoms with Gasteiger partial charge in [0.1, 0.15) is 16.9 Å². The molecule has 1 aromatic carbocycles. The third-order valence-electron chi connectivity index (χ3n) is 4.69. The zero-order valence-electron chi connectivity index (χ0n) is 16.4. The molecule has 0 radical (unpaired) electrons. The number of carbonyl (C=O) groups is 2. The standard InChI is InChI=1S/C21H22O7/c1-6-11(2)20(24)27-19-18(25-12(3)22)16-14(28-21(19,4)5)9-7-13-8-10-15(23)26-17(13)16/h6-10,18-19H,1-5H3/t18-,19+/m0/s1. The lowest BCUT2D eigenvalue weighted by Crippen LogP contribution is -2.52. The highest BCUT2D eigenvalue weighted by Crippen LogP contribution is 2.46. The predicted molar refractivity (Wildman–Crippen MR) is 101 cm³/mol. The molecule has 2 heterocycles. The first kappa shape index (κ1) is 19.7. The summed E-state index contributed by atoms with van der Waals surface area (Å²) in [6, 6.07) is 6.37. The topological polar surface area (TPSA) is 92.0 Å². The number of hydrogen-bond acceptors (Lipinski definition) is 7. The molecule has 0 amide bonds. The van der Waals surface area contributed by atoms with Crippen molar-refractivity contribution in [1.29, 1.82) is 0 Å². The van der Waals surface area contributed by atoms with E-state index in [9.17, 15) is 14.4 Å². The lowest BCUT2D eigenvalue weighted by Gasteiger charge is -2.43. The largest absolute Gasteiger partial charge is 0.483 e. The summed E-state index contributed by atoms with van der Waals surface area (Å²) >= 11 is 0. The summed E-state index contributed by atoms with van der Waals surface area (Å²) in [5.74, 6) is -0.715. The van der Waals surface area contributed by atoms with Gasteiger partial charge in [-0.2, -0.15) is 0 Å². The molecule has 28 heavy (non-hydrogen) atoms. The van der Waals surface area contributed by atoms with Crippen molar-refractivity contribution >= 4 is 22.9 Å². The average Bonchev–Trinajstić information content (AvgIpc) is 2.62. The van der Waals surface area contributed by atoms with Gasteiger partial charge < -0.3 is 18.6 Å². The number of esters is 2. The van der Waals surface area contributed by atoms with Gasteiger partial charge >= 0.3 is 17.6 Å². The van der Waals surface area contributed by atoms with Gasteiger partial charge in [-0.15, -0.1) is 0 Å². The highest BCUT2D eigenvalue weighted by molar-refractivity contribution is 5.88. The van der Waals surface area contributed by atoms with Crippen LogP contribution in [0.1, 0.15) is 46.3 Å². The van der Waals surface area contributed by atoms with Gasteiger partial charge in [-0.05, 0) is 45.9 Å². The van der Waals surface area contributed by atoms with Gasteiger partial charge in [-0.25, -0.2) is 9.59 Å². The summed E-state index contributed by atoms with van der Waals surface area (Å²) in [6.45, 7) is 8.09. The van der Waals surface area contributed by atoms with E-state index >= 15 is 0 Å². The van der Waals surface area contributed by atoms with Gasteiger partial charge in [-0.1, -0.05) is 6.08 Å². The Bertz CT molecular complexity index is 1030. The van der Waals surface area contributed by atoms with Gasteiger partial charge in [0.25, 0.3) is 0 Å². The van der Waals surface area contributed by atoms with Crippen molar-refractivity contribution in [3.63, 3.8) is 0 Å². The zero-order chi connectivity index (χ0) is 20.6. The molecule has 0 saturated carbocycles. The Kier molecular flexibility index (Phi) is 5.02. The third kappa shape index (κ3) is 3.52. The summed E-state index contributed by atoms with van der Waals surface area (Å²) in [4.78, 5) is 36.1. The third-order valence-corrected chi connectivity index (χ3v) is 4.69. The molecule has 0 fully saturated rings. The van der Waals surface area contributed by atoms with Crippen LogP contribution in [-0.2, 0) is 19.1 Å². The van der Waals surface area contributed by atoms with E-state index in [0.29, 0.717) is 22.3 Å². The van der Waals surface area contributed by atoms with E-state index in [-0.39, 0.29) is 5.58 Å². The van der Waals surface area contributed by atoms with Crippen molar-refractivity contribution < 1.29 is 28.2 Å². The minimum absolute atomic E-state index is 0.232. The molecule has 0 aliphatic carbocycles. The molecule has 7 nitrogen and oxygen atoms in total. The maximum Gasteiger partial charge on any atom is 0.336 e. The average molecular weight is 386 g/mol. The van der Waals surface area contributed by atoms with Crippen LogP contribution in [0.4, 0.5) is 0 Å². The van der Waals surface area contributed by atoms with Crippen LogP contribution in [0.5, 0.6) is 5.75 Å². The van der Waals surface area contributed by atoms with Gasteiger partial charge in [0.15, 0.2) is 12.2 Å².